The molecule has 0 saturated carbocycles. The molecular formula is C26H31N3O5S. The van der Waals surface area contributed by atoms with Crippen LogP contribution in [0.3, 0.4) is 0 Å². The molecule has 186 valence electrons. The first kappa shape index (κ1) is 23.8. The Kier molecular flexibility index (Phi) is 6.80. The summed E-state index contributed by atoms with van der Waals surface area (Å²) in [5.41, 5.74) is 2.80. The molecule has 5 rings (SSSR count). The summed E-state index contributed by atoms with van der Waals surface area (Å²) < 4.78 is 33.5. The summed E-state index contributed by atoms with van der Waals surface area (Å²) in [4.78, 5) is 29.9. The number of benzene rings is 2. The predicted octanol–water partition coefficient (Wildman–Crippen LogP) is 3.21. The predicted molar refractivity (Wildman–Crippen MR) is 133 cm³/mol. The van der Waals surface area contributed by atoms with Crippen LogP contribution in [0.15, 0.2) is 47.4 Å². The number of amides is 1. The first-order valence-electron chi connectivity index (χ1n) is 12.4. The fourth-order valence-electron chi connectivity index (χ4n) is 5.21. The molecule has 2 aromatic carbocycles. The summed E-state index contributed by atoms with van der Waals surface area (Å²) in [6, 6.07) is 12.4. The lowest BCUT2D eigenvalue weighted by Crippen LogP contribution is -2.36. The van der Waals surface area contributed by atoms with Gasteiger partial charge in [-0.05, 0) is 61.9 Å². The highest BCUT2D eigenvalue weighted by Crippen LogP contribution is 2.31. The molecule has 0 radical (unpaired) electrons. The van der Waals surface area contributed by atoms with Gasteiger partial charge in [-0.25, -0.2) is 13.2 Å². The molecule has 0 spiro atoms. The van der Waals surface area contributed by atoms with Gasteiger partial charge in [0.05, 0.1) is 16.1 Å². The molecule has 8 nitrogen and oxygen atoms in total. The van der Waals surface area contributed by atoms with Gasteiger partial charge in [0, 0.05) is 38.4 Å². The Morgan fingerprint density at radius 1 is 0.829 bits per heavy atom. The molecule has 2 aromatic rings. The summed E-state index contributed by atoms with van der Waals surface area (Å²) in [5.74, 6) is -0.966. The van der Waals surface area contributed by atoms with Crippen LogP contribution in [-0.2, 0) is 26.0 Å². The summed E-state index contributed by atoms with van der Waals surface area (Å²) in [6.07, 6.45) is 5.48. The van der Waals surface area contributed by atoms with Crippen LogP contribution in [0.5, 0.6) is 0 Å². The molecule has 35 heavy (non-hydrogen) atoms. The van der Waals surface area contributed by atoms with Gasteiger partial charge < -0.3 is 14.5 Å². The minimum atomic E-state index is -3.70. The largest absolute Gasteiger partial charge is 0.452 e. The number of carbonyl (C=O) groups excluding carboxylic acids is 2. The third-order valence-corrected chi connectivity index (χ3v) is 9.00. The maximum Gasteiger partial charge on any atom is 0.340 e. The van der Waals surface area contributed by atoms with E-state index in [1.807, 2.05) is 24.3 Å². The number of rotatable bonds is 6. The van der Waals surface area contributed by atoms with E-state index in [-0.39, 0.29) is 16.4 Å². The number of carbonyl (C=O) groups is 2. The van der Waals surface area contributed by atoms with Gasteiger partial charge in [-0.2, -0.15) is 4.31 Å². The molecule has 0 unspecified atom stereocenters. The SMILES string of the molecule is O=C(OCC(=O)N1CCc2ccccc21)c1cc(S(=O)(=O)N2CCCCC2)ccc1N1CCCC1. The molecule has 1 amide bonds. The van der Waals surface area contributed by atoms with Crippen molar-refractivity contribution in [2.75, 3.05) is 49.1 Å². The maximum absolute atomic E-state index is 13.3. The second-order valence-electron chi connectivity index (χ2n) is 9.34. The second-order valence-corrected chi connectivity index (χ2v) is 11.3. The Morgan fingerprint density at radius 3 is 2.31 bits per heavy atom. The average molecular weight is 498 g/mol. The zero-order chi connectivity index (χ0) is 24.4. The number of sulfonamides is 1. The van der Waals surface area contributed by atoms with E-state index in [0.717, 1.165) is 62.9 Å². The first-order chi connectivity index (χ1) is 16.9. The van der Waals surface area contributed by atoms with Crippen molar-refractivity contribution in [3.05, 3.63) is 53.6 Å². The molecule has 0 N–H and O–H groups in total. The first-order valence-corrected chi connectivity index (χ1v) is 13.8. The van der Waals surface area contributed by atoms with Gasteiger partial charge in [0.15, 0.2) is 6.61 Å². The second kappa shape index (κ2) is 9.99. The van der Waals surface area contributed by atoms with Crippen LogP contribution in [0, 0.1) is 0 Å². The number of hydrogen-bond donors (Lipinski definition) is 0. The lowest BCUT2D eigenvalue weighted by Gasteiger charge is -2.27. The van der Waals surface area contributed by atoms with E-state index in [1.165, 1.54) is 10.4 Å². The Morgan fingerprint density at radius 2 is 1.54 bits per heavy atom. The van der Waals surface area contributed by atoms with Gasteiger partial charge in [-0.3, -0.25) is 4.79 Å². The normalized spacial score (nSPS) is 18.5. The number of para-hydroxylation sites is 1. The lowest BCUT2D eigenvalue weighted by molar-refractivity contribution is -0.121. The van der Waals surface area contributed by atoms with Crippen molar-refractivity contribution in [2.24, 2.45) is 0 Å². The fraction of sp³-hybridized carbons (Fsp3) is 0.462. The molecule has 3 aliphatic rings. The van der Waals surface area contributed by atoms with Crippen molar-refractivity contribution < 1.29 is 22.7 Å². The third kappa shape index (κ3) is 4.79. The number of hydrogen-bond acceptors (Lipinski definition) is 6. The molecule has 0 aromatic heterocycles. The molecule has 3 heterocycles. The highest BCUT2D eigenvalue weighted by Gasteiger charge is 2.30. The molecule has 9 heteroatoms. The molecule has 3 aliphatic heterocycles. The van der Waals surface area contributed by atoms with E-state index in [1.54, 1.807) is 17.0 Å². The van der Waals surface area contributed by atoms with E-state index in [4.69, 9.17) is 4.74 Å². The van der Waals surface area contributed by atoms with Gasteiger partial charge >= 0.3 is 5.97 Å². The third-order valence-electron chi connectivity index (χ3n) is 7.10. The Labute approximate surface area is 206 Å². The zero-order valence-corrected chi connectivity index (χ0v) is 20.6. The number of ether oxygens (including phenoxy) is 1. The van der Waals surface area contributed by atoms with E-state index >= 15 is 0 Å². The van der Waals surface area contributed by atoms with E-state index < -0.39 is 22.6 Å². The van der Waals surface area contributed by atoms with Crippen LogP contribution < -0.4 is 9.80 Å². The van der Waals surface area contributed by atoms with Crippen molar-refractivity contribution in [3.8, 4) is 0 Å². The Hall–Kier alpha value is -2.91. The molecular weight excluding hydrogens is 466 g/mol. The average Bonchev–Trinajstić information content (AvgIpc) is 3.58. The van der Waals surface area contributed by atoms with Crippen LogP contribution >= 0.6 is 0 Å². The number of esters is 1. The topological polar surface area (TPSA) is 87.2 Å². The number of anilines is 2. The maximum atomic E-state index is 13.3. The highest BCUT2D eigenvalue weighted by atomic mass is 32.2. The van der Waals surface area contributed by atoms with Crippen molar-refractivity contribution in [3.63, 3.8) is 0 Å². The highest BCUT2D eigenvalue weighted by molar-refractivity contribution is 7.89. The molecule has 0 bridgehead atoms. The van der Waals surface area contributed by atoms with Crippen LogP contribution in [0.2, 0.25) is 0 Å². The van der Waals surface area contributed by atoms with Crippen molar-refractivity contribution in [2.45, 2.75) is 43.4 Å². The van der Waals surface area contributed by atoms with Crippen molar-refractivity contribution in [1.29, 1.82) is 0 Å². The molecule has 2 saturated heterocycles. The molecule has 2 fully saturated rings. The Balaban J connectivity index is 1.37. The minimum Gasteiger partial charge on any atom is -0.452 e. The van der Waals surface area contributed by atoms with Gasteiger partial charge in [0.2, 0.25) is 10.0 Å². The quantitative estimate of drug-likeness (QED) is 0.570. The van der Waals surface area contributed by atoms with E-state index in [0.29, 0.717) is 25.3 Å². The van der Waals surface area contributed by atoms with Crippen molar-refractivity contribution >= 4 is 33.3 Å². The van der Waals surface area contributed by atoms with Crippen LogP contribution in [-0.4, -0.2) is 63.9 Å². The van der Waals surface area contributed by atoms with Gasteiger partial charge in [-0.15, -0.1) is 0 Å². The van der Waals surface area contributed by atoms with Crippen LogP contribution in [0.4, 0.5) is 11.4 Å². The molecule has 0 atom stereocenters. The van der Waals surface area contributed by atoms with Crippen molar-refractivity contribution in [1.82, 2.24) is 4.31 Å². The standard InChI is InChI=1S/C26H31N3O5S/c30-25(29-17-12-20-8-2-3-9-23(20)29)19-34-26(31)22-18-21(10-11-24(22)27-13-6-7-14-27)35(32,33)28-15-4-1-5-16-28/h2-3,8-11,18H,1,4-7,12-17,19H2. The zero-order valence-electron chi connectivity index (χ0n) is 19.8. The van der Waals surface area contributed by atoms with Gasteiger partial charge in [0.25, 0.3) is 5.91 Å². The van der Waals surface area contributed by atoms with E-state index in [2.05, 4.69) is 4.90 Å². The fourth-order valence-corrected chi connectivity index (χ4v) is 6.75. The van der Waals surface area contributed by atoms with E-state index in [9.17, 15) is 18.0 Å². The van der Waals surface area contributed by atoms with Crippen LogP contribution in [0.25, 0.3) is 0 Å². The minimum absolute atomic E-state index is 0.0918. The summed E-state index contributed by atoms with van der Waals surface area (Å²) in [6.45, 7) is 2.72. The number of nitrogens with zero attached hydrogens (tertiary/aromatic N) is 3. The Bertz CT molecular complexity index is 1220. The summed E-state index contributed by atoms with van der Waals surface area (Å²) in [5, 5.41) is 0. The number of fused-ring (bicyclic) bond motifs is 1. The van der Waals surface area contributed by atoms with Gasteiger partial charge in [-0.1, -0.05) is 24.6 Å². The lowest BCUT2D eigenvalue weighted by atomic mass is 10.1. The summed E-state index contributed by atoms with van der Waals surface area (Å²) in [7, 11) is -3.70. The monoisotopic (exact) mass is 497 g/mol. The number of piperidine rings is 1. The smallest absolute Gasteiger partial charge is 0.340 e. The molecule has 0 aliphatic carbocycles. The summed E-state index contributed by atoms with van der Waals surface area (Å²) >= 11 is 0. The van der Waals surface area contributed by atoms with Crippen LogP contribution in [0.1, 0.15) is 48.0 Å². The van der Waals surface area contributed by atoms with Gasteiger partial charge in [0.1, 0.15) is 0 Å².